The van der Waals surface area contributed by atoms with E-state index in [0.29, 0.717) is 10.9 Å². The molecule has 0 bridgehead atoms. The van der Waals surface area contributed by atoms with Gasteiger partial charge in [0.15, 0.2) is 0 Å². The molecular weight excluding hydrogens is 238 g/mol. The van der Waals surface area contributed by atoms with Crippen LogP contribution in [0.4, 0.5) is 0 Å². The zero-order valence-corrected chi connectivity index (χ0v) is 9.92. The third-order valence-corrected chi connectivity index (χ3v) is 3.40. The van der Waals surface area contributed by atoms with Gasteiger partial charge in [-0.15, -0.1) is 5.10 Å². The molecule has 0 unspecified atom stereocenters. The zero-order valence-electron chi connectivity index (χ0n) is 9.92. The van der Waals surface area contributed by atoms with Gasteiger partial charge in [0.2, 0.25) is 0 Å². The van der Waals surface area contributed by atoms with Crippen LogP contribution in [-0.2, 0) is 0 Å². The van der Waals surface area contributed by atoms with E-state index in [9.17, 15) is 4.79 Å². The van der Waals surface area contributed by atoms with E-state index in [1.165, 1.54) is 0 Å². The summed E-state index contributed by atoms with van der Waals surface area (Å²) in [4.78, 5) is 12.0. The van der Waals surface area contributed by atoms with Crippen molar-refractivity contribution in [2.75, 3.05) is 0 Å². The minimum Gasteiger partial charge on any atom is -0.267 e. The summed E-state index contributed by atoms with van der Waals surface area (Å²) in [5.74, 6) is 0. The van der Waals surface area contributed by atoms with Gasteiger partial charge >= 0.3 is 0 Å². The fourth-order valence-electron chi connectivity index (χ4n) is 2.50. The lowest BCUT2D eigenvalue weighted by Crippen LogP contribution is -2.10. The Balaban J connectivity index is 2.32. The molecule has 0 aliphatic carbocycles. The van der Waals surface area contributed by atoms with Crippen molar-refractivity contribution < 1.29 is 0 Å². The van der Waals surface area contributed by atoms with Crippen molar-refractivity contribution in [3.8, 4) is 0 Å². The van der Waals surface area contributed by atoms with Gasteiger partial charge in [0.1, 0.15) is 5.52 Å². The van der Waals surface area contributed by atoms with Crippen LogP contribution < -0.4 is 5.56 Å². The third kappa shape index (κ3) is 1.43. The second-order valence-corrected chi connectivity index (χ2v) is 4.52. The third-order valence-electron chi connectivity index (χ3n) is 3.40. The van der Waals surface area contributed by atoms with Crippen molar-refractivity contribution in [1.29, 1.82) is 0 Å². The standard InChI is InChI=1S/C15H9N3O/c19-15-14-12-8-10-4-2-1-3-9(10)7-11(12)5-6-13(14)16-18-17-15/h1-8H,(H,16,17,19). The van der Waals surface area contributed by atoms with Crippen LogP contribution >= 0.6 is 0 Å². The lowest BCUT2D eigenvalue weighted by Gasteiger charge is -2.04. The molecule has 0 saturated carbocycles. The number of aromatic nitrogens is 3. The molecule has 0 radical (unpaired) electrons. The molecule has 90 valence electrons. The van der Waals surface area contributed by atoms with E-state index in [2.05, 4.69) is 27.5 Å². The summed E-state index contributed by atoms with van der Waals surface area (Å²) in [6.07, 6.45) is 0. The first kappa shape index (κ1) is 10.2. The van der Waals surface area contributed by atoms with Crippen molar-refractivity contribution in [3.05, 3.63) is 58.9 Å². The highest BCUT2D eigenvalue weighted by Gasteiger charge is 2.07. The fraction of sp³-hybridized carbons (Fsp3) is 0. The quantitative estimate of drug-likeness (QED) is 0.384. The van der Waals surface area contributed by atoms with E-state index in [4.69, 9.17) is 0 Å². The van der Waals surface area contributed by atoms with E-state index >= 15 is 0 Å². The van der Waals surface area contributed by atoms with Gasteiger partial charge in [-0.2, -0.15) is 0 Å². The Labute approximate surface area is 107 Å². The molecule has 0 spiro atoms. The number of nitrogens with one attached hydrogen (secondary N) is 1. The molecule has 3 aromatic carbocycles. The van der Waals surface area contributed by atoms with Crippen molar-refractivity contribution in [3.63, 3.8) is 0 Å². The maximum absolute atomic E-state index is 12.0. The number of hydrogen-bond donors (Lipinski definition) is 1. The molecule has 0 fully saturated rings. The average molecular weight is 247 g/mol. The molecule has 0 aliphatic heterocycles. The van der Waals surface area contributed by atoms with Crippen LogP contribution in [0.15, 0.2) is 53.3 Å². The monoisotopic (exact) mass is 247 g/mol. The Hall–Kier alpha value is -2.75. The van der Waals surface area contributed by atoms with Gasteiger partial charge in [-0.05, 0) is 39.7 Å². The topological polar surface area (TPSA) is 58.6 Å². The smallest absolute Gasteiger partial charge is 0.267 e. The maximum Gasteiger partial charge on any atom is 0.275 e. The SMILES string of the molecule is O=c1[nH]nnc2ccc3cc4ccccc4cc3c12. The summed E-state index contributed by atoms with van der Waals surface area (Å²) in [6.45, 7) is 0. The Morgan fingerprint density at radius 3 is 2.53 bits per heavy atom. The number of nitrogens with zero attached hydrogens (tertiary/aromatic N) is 2. The van der Waals surface area contributed by atoms with Crippen LogP contribution in [0.3, 0.4) is 0 Å². The van der Waals surface area contributed by atoms with E-state index in [1.54, 1.807) is 0 Å². The van der Waals surface area contributed by atoms with Gasteiger partial charge < -0.3 is 0 Å². The highest BCUT2D eigenvalue weighted by molar-refractivity contribution is 6.10. The Bertz CT molecular complexity index is 989. The molecule has 4 aromatic rings. The van der Waals surface area contributed by atoms with E-state index < -0.39 is 0 Å². The summed E-state index contributed by atoms with van der Waals surface area (Å²) in [5.41, 5.74) is 0.414. The van der Waals surface area contributed by atoms with Crippen LogP contribution in [-0.4, -0.2) is 15.4 Å². The second kappa shape index (κ2) is 3.62. The van der Waals surface area contributed by atoms with Crippen molar-refractivity contribution in [1.82, 2.24) is 15.4 Å². The van der Waals surface area contributed by atoms with Crippen LogP contribution in [0.2, 0.25) is 0 Å². The molecule has 0 atom stereocenters. The summed E-state index contributed by atoms with van der Waals surface area (Å²) >= 11 is 0. The number of benzene rings is 3. The number of hydrogen-bond acceptors (Lipinski definition) is 3. The van der Waals surface area contributed by atoms with E-state index in [1.807, 2.05) is 36.4 Å². The maximum atomic E-state index is 12.0. The average Bonchev–Trinajstić information content (AvgIpc) is 2.45. The first-order valence-electron chi connectivity index (χ1n) is 5.99. The second-order valence-electron chi connectivity index (χ2n) is 4.52. The number of rotatable bonds is 0. The lowest BCUT2D eigenvalue weighted by atomic mass is 10.0. The van der Waals surface area contributed by atoms with Crippen molar-refractivity contribution >= 4 is 32.4 Å². The molecule has 0 saturated heterocycles. The van der Waals surface area contributed by atoms with Crippen LogP contribution in [0.5, 0.6) is 0 Å². The molecule has 0 amide bonds. The lowest BCUT2D eigenvalue weighted by molar-refractivity contribution is 0.873. The van der Waals surface area contributed by atoms with Crippen molar-refractivity contribution in [2.24, 2.45) is 0 Å². The normalized spacial score (nSPS) is 11.4. The van der Waals surface area contributed by atoms with Gasteiger partial charge in [-0.3, -0.25) is 4.79 Å². The summed E-state index contributed by atoms with van der Waals surface area (Å²) in [7, 11) is 0. The predicted molar refractivity (Wildman–Crippen MR) is 75.2 cm³/mol. The predicted octanol–water partition coefficient (Wildman–Crippen LogP) is 2.62. The van der Waals surface area contributed by atoms with Crippen molar-refractivity contribution in [2.45, 2.75) is 0 Å². The number of aromatic amines is 1. The molecule has 4 rings (SSSR count). The molecule has 1 heterocycles. The Kier molecular flexibility index (Phi) is 1.94. The highest BCUT2D eigenvalue weighted by Crippen LogP contribution is 2.26. The fourth-order valence-corrected chi connectivity index (χ4v) is 2.50. The minimum atomic E-state index is -0.203. The van der Waals surface area contributed by atoms with Gasteiger partial charge in [-0.1, -0.05) is 35.5 Å². The van der Waals surface area contributed by atoms with Gasteiger partial charge in [-0.25, -0.2) is 5.10 Å². The molecule has 4 heteroatoms. The Morgan fingerprint density at radius 1 is 0.895 bits per heavy atom. The molecule has 1 N–H and O–H groups in total. The number of H-pyrrole nitrogens is 1. The molecule has 0 aliphatic rings. The summed E-state index contributed by atoms with van der Waals surface area (Å²) in [6, 6.07) is 16.0. The first-order chi connectivity index (χ1) is 9.33. The molecule has 1 aromatic heterocycles. The largest absolute Gasteiger partial charge is 0.275 e. The van der Waals surface area contributed by atoms with Gasteiger partial charge in [0.05, 0.1) is 5.39 Å². The molecular formula is C15H9N3O. The summed E-state index contributed by atoms with van der Waals surface area (Å²) < 4.78 is 0. The van der Waals surface area contributed by atoms with Crippen LogP contribution in [0, 0.1) is 0 Å². The van der Waals surface area contributed by atoms with Gasteiger partial charge in [0.25, 0.3) is 5.56 Å². The van der Waals surface area contributed by atoms with Crippen LogP contribution in [0.1, 0.15) is 0 Å². The Morgan fingerprint density at radius 2 is 1.68 bits per heavy atom. The number of fused-ring (bicyclic) bond motifs is 4. The van der Waals surface area contributed by atoms with E-state index in [0.717, 1.165) is 21.5 Å². The van der Waals surface area contributed by atoms with Crippen LogP contribution in [0.25, 0.3) is 32.4 Å². The highest BCUT2D eigenvalue weighted by atomic mass is 16.1. The van der Waals surface area contributed by atoms with Gasteiger partial charge in [0, 0.05) is 0 Å². The minimum absolute atomic E-state index is 0.203. The van der Waals surface area contributed by atoms with E-state index in [-0.39, 0.29) is 5.56 Å². The first-order valence-corrected chi connectivity index (χ1v) is 5.99. The molecule has 4 nitrogen and oxygen atoms in total. The zero-order chi connectivity index (χ0) is 12.8. The molecule has 19 heavy (non-hydrogen) atoms. The summed E-state index contributed by atoms with van der Waals surface area (Å²) in [5, 5.41) is 14.8.